The lowest BCUT2D eigenvalue weighted by molar-refractivity contribution is -0.355. The van der Waals surface area contributed by atoms with E-state index in [1.54, 1.807) is 0 Å². The van der Waals surface area contributed by atoms with Gasteiger partial charge >= 0.3 is 0 Å². The van der Waals surface area contributed by atoms with Gasteiger partial charge in [0, 0.05) is 117 Å². The normalized spacial score (nSPS) is 42.0. The van der Waals surface area contributed by atoms with Crippen LogP contribution in [0.15, 0.2) is 0 Å². The zero-order valence-corrected chi connectivity index (χ0v) is 73.9. The fourth-order valence-corrected chi connectivity index (χ4v) is 17.7. The first-order valence-electron chi connectivity index (χ1n) is 42.8. The first-order valence-corrected chi connectivity index (χ1v) is 44.9. The third-order valence-electron chi connectivity index (χ3n) is 24.1. The molecular weight excluding hydrogens is 1810 g/mol. The number of nitrogens with one attached hydrogen (secondary N) is 10. The van der Waals surface area contributed by atoms with Crippen molar-refractivity contribution in [1.82, 2.24) is 63.0 Å². The van der Waals surface area contributed by atoms with Gasteiger partial charge in [0.25, 0.3) is 0 Å². The van der Waals surface area contributed by atoms with Gasteiger partial charge in [0.2, 0.25) is 0 Å². The number of hydrogen-bond acceptors (Lipinski definition) is 45. The maximum atomic E-state index is 11.6. The minimum Gasteiger partial charge on any atom is -0.394 e. The fraction of sp³-hybridized carbons (Fsp3) is 0.932. The summed E-state index contributed by atoms with van der Waals surface area (Å²) >= 11 is 28.5. The maximum Gasteiger partial charge on any atom is 0.187 e. The Labute approximate surface area is 762 Å². The molecule has 16 fully saturated rings. The van der Waals surface area contributed by atoms with Crippen LogP contribution < -0.4 is 53.2 Å². The number of aliphatic hydroxyl groups is 24. The number of hydrogen-bond donors (Lipinski definition) is 34. The highest BCUT2D eigenvalue weighted by Gasteiger charge is 2.57. The molecule has 0 aromatic heterocycles. The van der Waals surface area contributed by atoms with Crippen LogP contribution in [0.4, 0.5) is 0 Å². The predicted molar refractivity (Wildman–Crippen MR) is 452 cm³/mol. The van der Waals surface area contributed by atoms with Crippen molar-refractivity contribution >= 4 is 86.7 Å². The first-order chi connectivity index (χ1) is 61.2. The van der Waals surface area contributed by atoms with Gasteiger partial charge in [0.1, 0.15) is 159 Å². The summed E-state index contributed by atoms with van der Waals surface area (Å²) in [6, 6.07) is 0. The molecule has 0 saturated carbocycles. The van der Waals surface area contributed by atoms with Crippen molar-refractivity contribution < 1.29 is 189 Å². The summed E-state index contributed by atoms with van der Waals surface area (Å²) in [4.78, 5) is 3.97. The molecule has 128 heavy (non-hydrogen) atoms. The van der Waals surface area contributed by atoms with Crippen molar-refractivity contribution in [2.75, 3.05) is 144 Å². The Morgan fingerprint density at radius 2 is 0.578 bits per heavy atom. The van der Waals surface area contributed by atoms with Gasteiger partial charge in [-0.1, -0.05) is 12.8 Å². The van der Waals surface area contributed by atoms with Crippen LogP contribution in [0.2, 0.25) is 0 Å². The van der Waals surface area contributed by atoms with Crippen LogP contribution in [-0.2, 0) is 66.3 Å². The minimum atomic E-state index is -1.89. The molecule has 0 amide bonds. The molecule has 8 bridgehead atoms. The molecule has 16 saturated heterocycles. The Kier molecular flexibility index (Phi) is 43.3. The monoisotopic (exact) mass is 1940 g/mol. The molecule has 0 radical (unpaired) electrons. The lowest BCUT2D eigenvalue weighted by atomic mass is 9.84. The molecule has 16 aliphatic heterocycles. The zero-order valence-electron chi connectivity index (χ0n) is 69.8. The van der Waals surface area contributed by atoms with Gasteiger partial charge in [0.15, 0.2) is 75.8 Å². The number of aliphatic hydroxyl groups excluding tert-OH is 24. The number of rotatable bonds is 34. The molecule has 0 aromatic carbocycles. The Hall–Kier alpha value is -3.15. The van der Waals surface area contributed by atoms with Gasteiger partial charge < -0.3 is 242 Å². The van der Waals surface area contributed by atoms with Crippen molar-refractivity contribution in [2.24, 2.45) is 11.8 Å². The van der Waals surface area contributed by atoms with E-state index < -0.39 is 285 Å². The Morgan fingerprint density at radius 1 is 0.273 bits per heavy atom. The second kappa shape index (κ2) is 51.9. The number of nitrogens with zero attached hydrogens (tertiary/aromatic N) is 2. The van der Waals surface area contributed by atoms with Crippen molar-refractivity contribution in [2.45, 2.75) is 272 Å². The summed E-state index contributed by atoms with van der Waals surface area (Å²) in [6.45, 7) is -1.53. The molecule has 16 aliphatic rings. The predicted octanol–water partition coefficient (Wildman–Crippen LogP) is -17.7. The van der Waals surface area contributed by atoms with Crippen molar-refractivity contribution in [1.29, 1.82) is 0 Å². The van der Waals surface area contributed by atoms with Crippen molar-refractivity contribution in [3.8, 4) is 0 Å². The molecule has 740 valence electrons. The van der Waals surface area contributed by atoms with Crippen LogP contribution in [-0.4, -0.2) is 536 Å². The molecular formula is C73H130N12O38S5. The Bertz CT molecular complexity index is 3170. The summed E-state index contributed by atoms with van der Waals surface area (Å²) < 4.78 is 81.4. The van der Waals surface area contributed by atoms with E-state index in [9.17, 15) is 123 Å². The smallest absolute Gasteiger partial charge is 0.187 e. The average Bonchev–Trinajstić information content (AvgIpc) is 0.789. The topological polar surface area (TPSA) is 742 Å². The van der Waals surface area contributed by atoms with E-state index in [1.165, 1.54) is 0 Å². The van der Waals surface area contributed by atoms with E-state index >= 15 is 0 Å². The van der Waals surface area contributed by atoms with Crippen LogP contribution >= 0.6 is 61.1 Å². The molecule has 50 nitrogen and oxygen atoms in total. The van der Waals surface area contributed by atoms with E-state index in [-0.39, 0.29) is 111 Å². The molecule has 40 unspecified atom stereocenters. The highest BCUT2D eigenvalue weighted by molar-refractivity contribution is 7.81. The number of ether oxygens (including phenoxy) is 14. The minimum absolute atomic E-state index is 0.00101. The molecule has 40 atom stereocenters. The van der Waals surface area contributed by atoms with Gasteiger partial charge in [-0.15, -0.1) is 0 Å². The quantitative estimate of drug-likeness (QED) is 0.0266. The van der Waals surface area contributed by atoms with E-state index in [0.29, 0.717) is 58.2 Å². The highest BCUT2D eigenvalue weighted by Crippen LogP contribution is 2.39. The highest BCUT2D eigenvalue weighted by atomic mass is 32.1. The van der Waals surface area contributed by atoms with Crippen LogP contribution in [0.3, 0.4) is 0 Å². The molecule has 34 N–H and O–H groups in total. The summed E-state index contributed by atoms with van der Waals surface area (Å²) in [6.07, 6.45) is -56.0. The van der Waals surface area contributed by atoms with E-state index in [1.807, 2.05) is 9.80 Å². The molecule has 16 rings (SSSR count). The molecule has 0 aliphatic carbocycles. The van der Waals surface area contributed by atoms with Crippen LogP contribution in [0.25, 0.3) is 0 Å². The Balaban J connectivity index is 0.760. The first kappa shape index (κ1) is 107. The maximum absolute atomic E-state index is 11.6. The van der Waals surface area contributed by atoms with Gasteiger partial charge in [0.05, 0.1) is 64.1 Å². The molecule has 0 aromatic rings. The van der Waals surface area contributed by atoms with Gasteiger partial charge in [-0.05, 0) is 86.8 Å². The van der Waals surface area contributed by atoms with E-state index in [2.05, 4.69) is 53.2 Å². The summed E-state index contributed by atoms with van der Waals surface area (Å²) in [5, 5.41) is 289. The van der Waals surface area contributed by atoms with Gasteiger partial charge in [-0.2, -0.15) is 0 Å². The van der Waals surface area contributed by atoms with Crippen molar-refractivity contribution in [3.63, 3.8) is 0 Å². The van der Waals surface area contributed by atoms with Gasteiger partial charge in [-0.3, -0.25) is 9.80 Å². The van der Waals surface area contributed by atoms with Gasteiger partial charge in [-0.25, -0.2) is 0 Å². The average molecular weight is 1940 g/mol. The molecule has 16 heterocycles. The van der Waals surface area contributed by atoms with Crippen LogP contribution in [0.5, 0.6) is 0 Å². The second-order valence-electron chi connectivity index (χ2n) is 32.8. The van der Waals surface area contributed by atoms with Crippen molar-refractivity contribution in [3.05, 3.63) is 0 Å². The third-order valence-corrected chi connectivity index (χ3v) is 25.5. The van der Waals surface area contributed by atoms with Crippen LogP contribution in [0, 0.1) is 11.8 Å². The lowest BCUT2D eigenvalue weighted by Gasteiger charge is -2.47. The second-order valence-corrected chi connectivity index (χ2v) is 34.8. The van der Waals surface area contributed by atoms with E-state index in [0.717, 1.165) is 0 Å². The third kappa shape index (κ3) is 28.1. The summed E-state index contributed by atoms with van der Waals surface area (Å²) in [7, 11) is 0. The molecule has 0 spiro atoms. The summed E-state index contributed by atoms with van der Waals surface area (Å²) in [5.74, 6) is -1.30. The summed E-state index contributed by atoms with van der Waals surface area (Å²) in [5.41, 5.74) is 0. The standard InChI is InChI=1S/C73H130N12O38S5/c86-23-33-41(94)43(96)53(106)67(116-33)120-57-35(25-88)112-61(49(102)45(57)98)82-72(127)78-11-17-85(18-12-79-73(128)83-62-50(103)46(99)58(36(26-89)113-62)121-68-54(107)44(97)42(95)34(24-87)117-68)14-8-75-69(124)74-7-13-84(15-9-76-70(125)80-21-31-29-5-1-3-19-110-63-55(108)47(100)59(37(27-90)118-63)122-65(114-31)51(104)39(29)92)16-10-77-71(126)81-22-32-30-6-2-4-20-111-64-56(109)48(101)60(38(28-91)119-64)123-66(115-32)52(105)40(30)93/h29-68,86-109H,1-28H2,(H2,74,75,124)(H2,76,80,125)(H2,77,81,126)(H2,78,82,127)(H2,79,83,128). The number of thiocarbonyl (C=S) groups is 5. The largest absolute Gasteiger partial charge is 0.394 e. The van der Waals surface area contributed by atoms with E-state index in [4.69, 9.17) is 127 Å². The lowest BCUT2D eigenvalue weighted by Crippen LogP contribution is -2.67. The fourth-order valence-electron chi connectivity index (χ4n) is 16.7. The molecule has 55 heteroatoms. The SMILES string of the molecule is OCC1OC(OC2C(CO)OC(NC(=S)NCCN(CCNC(=S)NCCN(CCNC(=S)NCC3OC4OC5C(CO)OC(OCCCCC3C(O)C4O)C(O)C5O)CCNC(=S)NCC3OC4OC5C(CO)OC(OCCCCC3C(O)C4O)C(O)C5O)CCNC(=S)NC3OC(CO)C(OC4OC(CO)C(O)C(O)C4O)C(O)C3O)C(O)C2O)C(O)C(O)C1O. The Morgan fingerprint density at radius 3 is 0.906 bits per heavy atom. The zero-order chi connectivity index (χ0) is 92.9. The van der Waals surface area contributed by atoms with Crippen LogP contribution in [0.1, 0.15) is 38.5 Å².